The first kappa shape index (κ1) is 29.1. The van der Waals surface area contributed by atoms with Gasteiger partial charge in [-0.15, -0.1) is 0 Å². The predicted molar refractivity (Wildman–Crippen MR) is 166 cm³/mol. The van der Waals surface area contributed by atoms with Gasteiger partial charge >= 0.3 is 5.97 Å². The zero-order valence-electron chi connectivity index (χ0n) is 24.8. The third-order valence-corrected chi connectivity index (χ3v) is 8.08. The highest BCUT2D eigenvalue weighted by molar-refractivity contribution is 6.24. The van der Waals surface area contributed by atoms with Gasteiger partial charge in [-0.3, -0.25) is 19.5 Å². The first-order valence-electron chi connectivity index (χ1n) is 14.3. The zero-order valence-corrected chi connectivity index (χ0v) is 24.8. The second-order valence-electron chi connectivity index (χ2n) is 10.9. The van der Waals surface area contributed by atoms with Crippen molar-refractivity contribution in [3.63, 3.8) is 0 Å². The maximum absolute atomic E-state index is 13.4. The number of rotatable bonds is 7. The minimum absolute atomic E-state index is 0.0161. The van der Waals surface area contributed by atoms with Crippen molar-refractivity contribution in [3.05, 3.63) is 89.9 Å². The number of hydrogen-bond acceptors (Lipinski definition) is 9. The van der Waals surface area contributed by atoms with Gasteiger partial charge in [0.05, 0.1) is 30.6 Å². The number of hydrogen-bond donors (Lipinski definition) is 1. The van der Waals surface area contributed by atoms with E-state index in [4.69, 9.17) is 19.2 Å². The molecule has 11 heteroatoms. The van der Waals surface area contributed by atoms with E-state index in [9.17, 15) is 14.4 Å². The minimum atomic E-state index is -0.762. The fraction of sp³-hybridized carbons (Fsp3) is 0.273. The van der Waals surface area contributed by atoms with E-state index in [1.165, 1.54) is 19.6 Å². The molecule has 1 fully saturated rings. The summed E-state index contributed by atoms with van der Waals surface area (Å²) in [7, 11) is 5.17. The number of fused-ring (bicyclic) bond motifs is 2. The third kappa shape index (κ3) is 5.92. The highest BCUT2D eigenvalue weighted by Gasteiger charge is 2.36. The number of ether oxygens (including phenoxy) is 3. The lowest BCUT2D eigenvalue weighted by Crippen LogP contribution is -2.48. The van der Waals surface area contributed by atoms with Crippen molar-refractivity contribution in [2.24, 2.45) is 4.99 Å². The van der Waals surface area contributed by atoms with E-state index < -0.39 is 11.9 Å². The summed E-state index contributed by atoms with van der Waals surface area (Å²) in [4.78, 5) is 49.6. The Bertz CT molecular complexity index is 1660. The second kappa shape index (κ2) is 12.3. The largest absolute Gasteiger partial charge is 0.465 e. The Morgan fingerprint density at radius 3 is 2.39 bits per heavy atom. The van der Waals surface area contributed by atoms with Crippen LogP contribution in [-0.4, -0.2) is 87.2 Å². The number of nitrogens with one attached hydrogen (secondary N) is 1. The molecule has 226 valence electrons. The lowest BCUT2D eigenvalue weighted by Gasteiger charge is -2.32. The molecule has 3 aromatic carbocycles. The van der Waals surface area contributed by atoms with E-state index >= 15 is 0 Å². The summed E-state index contributed by atoms with van der Waals surface area (Å²) in [5.41, 5.74) is 4.03. The van der Waals surface area contributed by atoms with Crippen LogP contribution in [0.2, 0.25) is 0 Å². The summed E-state index contributed by atoms with van der Waals surface area (Å²) in [5, 5.41) is 2.89. The van der Waals surface area contributed by atoms with Crippen LogP contribution in [0.4, 0.5) is 17.1 Å². The molecule has 1 unspecified atom stereocenters. The Hall–Kier alpha value is -5.00. The van der Waals surface area contributed by atoms with Crippen LogP contribution in [0.25, 0.3) is 0 Å². The lowest BCUT2D eigenvalue weighted by molar-refractivity contribution is -0.120. The van der Waals surface area contributed by atoms with Gasteiger partial charge in [-0.25, -0.2) is 4.79 Å². The highest BCUT2D eigenvalue weighted by Crippen LogP contribution is 2.39. The number of benzene rings is 3. The van der Waals surface area contributed by atoms with Gasteiger partial charge in [0.2, 0.25) is 11.8 Å². The van der Waals surface area contributed by atoms with Gasteiger partial charge in [0.1, 0.15) is 18.4 Å². The molecule has 3 aromatic rings. The molecule has 0 radical (unpaired) electrons. The highest BCUT2D eigenvalue weighted by atomic mass is 16.5. The molecule has 11 nitrogen and oxygen atoms in total. The van der Waals surface area contributed by atoms with Gasteiger partial charge in [0.25, 0.3) is 0 Å². The Balaban J connectivity index is 1.31. The van der Waals surface area contributed by atoms with E-state index in [1.807, 2.05) is 30.3 Å². The molecule has 0 bridgehead atoms. The van der Waals surface area contributed by atoms with Crippen LogP contribution in [0, 0.1) is 0 Å². The molecule has 2 amide bonds. The van der Waals surface area contributed by atoms with Crippen LogP contribution in [0.5, 0.6) is 11.5 Å². The summed E-state index contributed by atoms with van der Waals surface area (Å²) in [6, 6.07) is 17.7. The quantitative estimate of drug-likeness (QED) is 0.325. The van der Waals surface area contributed by atoms with E-state index in [0.717, 1.165) is 31.9 Å². The summed E-state index contributed by atoms with van der Waals surface area (Å²) >= 11 is 0. The van der Waals surface area contributed by atoms with Crippen LogP contribution in [0.3, 0.4) is 0 Å². The fourth-order valence-corrected chi connectivity index (χ4v) is 5.47. The van der Waals surface area contributed by atoms with E-state index in [-0.39, 0.29) is 11.8 Å². The van der Waals surface area contributed by atoms with Crippen LogP contribution >= 0.6 is 0 Å². The molecule has 3 heterocycles. The molecule has 0 aromatic heterocycles. The molecule has 0 aliphatic carbocycles. The van der Waals surface area contributed by atoms with E-state index in [0.29, 0.717) is 51.8 Å². The van der Waals surface area contributed by atoms with Crippen molar-refractivity contribution >= 4 is 40.6 Å². The molecule has 3 aliphatic heterocycles. The van der Waals surface area contributed by atoms with Gasteiger partial charge < -0.3 is 29.3 Å². The first-order chi connectivity index (χ1) is 21.3. The number of carbonyl (C=O) groups is 3. The van der Waals surface area contributed by atoms with Crippen molar-refractivity contribution in [1.29, 1.82) is 0 Å². The summed E-state index contributed by atoms with van der Waals surface area (Å²) in [5.74, 6) is -0.478. The summed E-state index contributed by atoms with van der Waals surface area (Å²) < 4.78 is 16.0. The Kier molecular flexibility index (Phi) is 8.14. The number of piperazine rings is 1. The van der Waals surface area contributed by atoms with Gasteiger partial charge in [0.15, 0.2) is 11.5 Å². The van der Waals surface area contributed by atoms with Crippen molar-refractivity contribution in [2.45, 2.75) is 5.92 Å². The van der Waals surface area contributed by atoms with E-state index in [2.05, 4.69) is 22.2 Å². The second-order valence-corrected chi connectivity index (χ2v) is 10.9. The van der Waals surface area contributed by atoms with Crippen LogP contribution in [0.15, 0.2) is 78.2 Å². The van der Waals surface area contributed by atoms with Crippen molar-refractivity contribution in [1.82, 2.24) is 9.80 Å². The number of amides is 2. The van der Waals surface area contributed by atoms with E-state index in [1.54, 1.807) is 42.3 Å². The molecule has 3 aliphatic rings. The van der Waals surface area contributed by atoms with Gasteiger partial charge in [-0.2, -0.15) is 0 Å². The zero-order chi connectivity index (χ0) is 30.8. The SMILES string of the molecule is COC(=O)c1ccc2c(c1)NC(=O)C2C(=Nc1ccc(N(C)C(=O)CN2CCN(C)CC2)cc1)c1ccc2c(c1)OC=CO2. The third-order valence-electron chi connectivity index (χ3n) is 8.08. The standard InChI is InChI=1S/C33H33N5O6/c1-36-12-14-38(15-13-36)20-29(39)37(2)24-8-6-23(7-9-24)34-31(21-5-11-27-28(19-21)44-17-16-43-27)30-25-10-4-22(33(41)42-3)18-26(25)35-32(30)40/h4-11,16-19,30H,12-15,20H2,1-3H3,(H,35,40). The molecular formula is C33H33N5O6. The topological polar surface area (TPSA) is 113 Å². The number of anilines is 2. The predicted octanol–water partition coefficient (Wildman–Crippen LogP) is 3.78. The van der Waals surface area contributed by atoms with Gasteiger partial charge in [-0.1, -0.05) is 6.07 Å². The Labute approximate surface area is 255 Å². The van der Waals surface area contributed by atoms with Crippen LogP contribution in [-0.2, 0) is 14.3 Å². The molecule has 1 N–H and O–H groups in total. The van der Waals surface area contributed by atoms with Crippen molar-refractivity contribution < 1.29 is 28.6 Å². The molecule has 44 heavy (non-hydrogen) atoms. The Morgan fingerprint density at radius 2 is 1.66 bits per heavy atom. The molecule has 1 atom stereocenters. The molecular weight excluding hydrogens is 562 g/mol. The number of aliphatic imine (C=N–C) groups is 1. The molecule has 0 spiro atoms. The molecule has 1 saturated heterocycles. The minimum Gasteiger partial charge on any atom is -0.465 e. The van der Waals surface area contributed by atoms with Crippen molar-refractivity contribution in [2.75, 3.05) is 64.1 Å². The van der Waals surface area contributed by atoms with Crippen LogP contribution in [0.1, 0.15) is 27.4 Å². The number of esters is 1. The summed E-state index contributed by atoms with van der Waals surface area (Å²) in [6.07, 6.45) is 2.89. The van der Waals surface area contributed by atoms with Crippen LogP contribution < -0.4 is 19.7 Å². The number of likely N-dealkylation sites (N-methyl/N-ethyl adjacent to an activating group) is 2. The summed E-state index contributed by atoms with van der Waals surface area (Å²) in [6.45, 7) is 3.99. The maximum atomic E-state index is 13.4. The Morgan fingerprint density at radius 1 is 0.955 bits per heavy atom. The smallest absolute Gasteiger partial charge is 0.337 e. The monoisotopic (exact) mass is 595 g/mol. The lowest BCUT2D eigenvalue weighted by atomic mass is 9.90. The van der Waals surface area contributed by atoms with Gasteiger partial charge in [0, 0.05) is 50.2 Å². The first-order valence-corrected chi connectivity index (χ1v) is 14.3. The molecule has 0 saturated carbocycles. The maximum Gasteiger partial charge on any atom is 0.337 e. The average molecular weight is 596 g/mol. The van der Waals surface area contributed by atoms with Gasteiger partial charge in [-0.05, 0) is 67.2 Å². The average Bonchev–Trinajstić information content (AvgIpc) is 3.38. The van der Waals surface area contributed by atoms with Crippen molar-refractivity contribution in [3.8, 4) is 11.5 Å². The number of carbonyl (C=O) groups excluding carboxylic acids is 3. The normalized spacial score (nSPS) is 18.0. The molecule has 6 rings (SSSR count). The fourth-order valence-electron chi connectivity index (χ4n) is 5.47. The number of methoxy groups -OCH3 is 1. The number of nitrogens with zero attached hydrogens (tertiary/aromatic N) is 4.